The molecule has 8 heteroatoms. The molecule has 1 heterocycles. The van der Waals surface area contributed by atoms with Gasteiger partial charge in [0.1, 0.15) is 6.17 Å². The fourth-order valence-electron chi connectivity index (χ4n) is 2.61. The highest BCUT2D eigenvalue weighted by Crippen LogP contribution is 2.20. The third-order valence-electron chi connectivity index (χ3n) is 4.23. The number of carboxylic acid groups (broad SMARTS) is 1. The van der Waals surface area contributed by atoms with Crippen molar-refractivity contribution in [2.45, 2.75) is 57.5 Å². The summed E-state index contributed by atoms with van der Waals surface area (Å²) in [7, 11) is 0.309. The molecule has 0 saturated carbocycles. The van der Waals surface area contributed by atoms with Crippen LogP contribution in [0.5, 0.6) is 0 Å². The van der Waals surface area contributed by atoms with Crippen LogP contribution in [0.3, 0.4) is 0 Å². The second kappa shape index (κ2) is 9.88. The first-order chi connectivity index (χ1) is 11.2. The molecule has 0 aromatic carbocycles. The Bertz CT molecular complexity index is 408. The largest absolute Gasteiger partial charge is 0.465 e. The number of amides is 2. The van der Waals surface area contributed by atoms with Gasteiger partial charge in [0, 0.05) is 28.3 Å². The van der Waals surface area contributed by atoms with Gasteiger partial charge in [-0.05, 0) is 37.6 Å². The number of hydrogen-bond acceptors (Lipinski definition) is 4. The average molecular weight is 361 g/mol. The van der Waals surface area contributed by atoms with Crippen molar-refractivity contribution in [3.63, 3.8) is 0 Å². The van der Waals surface area contributed by atoms with Crippen LogP contribution in [-0.2, 0) is 9.47 Å². The van der Waals surface area contributed by atoms with Gasteiger partial charge in [-0.3, -0.25) is 4.90 Å². The van der Waals surface area contributed by atoms with E-state index in [0.717, 1.165) is 31.9 Å². The molecule has 140 valence electrons. The van der Waals surface area contributed by atoms with E-state index in [-0.39, 0.29) is 0 Å². The van der Waals surface area contributed by atoms with Gasteiger partial charge in [-0.15, -0.1) is 0 Å². The number of nitrogens with one attached hydrogen (secondary N) is 1. The van der Waals surface area contributed by atoms with Gasteiger partial charge < -0.3 is 19.9 Å². The molecular weight excluding hydrogens is 328 g/mol. The van der Waals surface area contributed by atoms with E-state index in [1.54, 1.807) is 7.05 Å². The smallest absolute Gasteiger partial charge is 0.411 e. The maximum absolute atomic E-state index is 12.2. The molecule has 0 radical (unpaired) electrons. The van der Waals surface area contributed by atoms with Gasteiger partial charge >= 0.3 is 12.2 Å². The van der Waals surface area contributed by atoms with Crippen molar-refractivity contribution < 1.29 is 24.2 Å². The SMILES string of the molecule is CN(C(=O)OCC[Si](C)(C)C)C(CC[C@@H]1CCCOC1)NC(=O)O. The lowest BCUT2D eigenvalue weighted by Gasteiger charge is -2.30. The first-order valence-electron chi connectivity index (χ1n) is 8.66. The molecule has 7 nitrogen and oxygen atoms in total. The molecule has 1 saturated heterocycles. The summed E-state index contributed by atoms with van der Waals surface area (Å²) in [5, 5.41) is 11.4. The normalized spacial score (nSPS) is 19.4. The van der Waals surface area contributed by atoms with Crippen molar-refractivity contribution in [1.82, 2.24) is 10.2 Å². The van der Waals surface area contributed by atoms with Crippen LogP contribution < -0.4 is 5.32 Å². The van der Waals surface area contributed by atoms with Crippen LogP contribution in [0, 0.1) is 5.92 Å². The number of ether oxygens (including phenoxy) is 2. The highest BCUT2D eigenvalue weighted by molar-refractivity contribution is 6.76. The summed E-state index contributed by atoms with van der Waals surface area (Å²) in [6.07, 6.45) is 1.30. The summed E-state index contributed by atoms with van der Waals surface area (Å²) in [5.41, 5.74) is 0. The maximum Gasteiger partial charge on any atom is 0.411 e. The summed E-state index contributed by atoms with van der Waals surface area (Å²) in [4.78, 5) is 24.5. The van der Waals surface area contributed by atoms with Crippen molar-refractivity contribution in [2.75, 3.05) is 26.9 Å². The van der Waals surface area contributed by atoms with E-state index >= 15 is 0 Å². The fraction of sp³-hybridized carbons (Fsp3) is 0.875. The van der Waals surface area contributed by atoms with Crippen LogP contribution in [-0.4, -0.2) is 63.3 Å². The highest BCUT2D eigenvalue weighted by atomic mass is 28.3. The zero-order valence-electron chi connectivity index (χ0n) is 15.3. The number of rotatable bonds is 8. The second-order valence-corrected chi connectivity index (χ2v) is 13.3. The van der Waals surface area contributed by atoms with E-state index in [9.17, 15) is 9.59 Å². The van der Waals surface area contributed by atoms with Gasteiger partial charge in [-0.1, -0.05) is 19.6 Å². The summed E-state index contributed by atoms with van der Waals surface area (Å²) >= 11 is 0. The van der Waals surface area contributed by atoms with E-state index in [1.807, 2.05) is 0 Å². The molecule has 0 aromatic rings. The third kappa shape index (κ3) is 8.54. The van der Waals surface area contributed by atoms with E-state index in [2.05, 4.69) is 25.0 Å². The van der Waals surface area contributed by atoms with E-state index in [4.69, 9.17) is 14.6 Å². The van der Waals surface area contributed by atoms with Crippen LogP contribution in [0.1, 0.15) is 25.7 Å². The molecule has 1 aliphatic rings. The Morgan fingerprint density at radius 1 is 1.42 bits per heavy atom. The molecular formula is C16H32N2O5Si. The molecule has 1 rings (SSSR count). The van der Waals surface area contributed by atoms with Gasteiger partial charge in [0.05, 0.1) is 6.61 Å². The molecule has 1 unspecified atom stereocenters. The number of nitrogens with zero attached hydrogens (tertiary/aromatic N) is 1. The maximum atomic E-state index is 12.2. The first kappa shape index (κ1) is 20.8. The zero-order chi connectivity index (χ0) is 18.2. The molecule has 0 bridgehead atoms. The predicted molar refractivity (Wildman–Crippen MR) is 95.0 cm³/mol. The molecule has 0 aliphatic carbocycles. The quantitative estimate of drug-likeness (QED) is 0.513. The lowest BCUT2D eigenvalue weighted by molar-refractivity contribution is 0.0450. The van der Waals surface area contributed by atoms with E-state index < -0.39 is 26.4 Å². The highest BCUT2D eigenvalue weighted by Gasteiger charge is 2.25. The summed E-state index contributed by atoms with van der Waals surface area (Å²) < 4.78 is 10.7. The van der Waals surface area contributed by atoms with Gasteiger partial charge in [-0.2, -0.15) is 0 Å². The standard InChI is InChI=1S/C16H32N2O5Si/c1-18(16(21)23-10-11-24(2,3)4)14(17-15(19)20)8-7-13-6-5-9-22-12-13/h13-14,17H,5-12H2,1-4H3,(H,19,20)/t13-,14?/m0/s1. The van der Waals surface area contributed by atoms with Crippen LogP contribution in [0.25, 0.3) is 0 Å². The first-order valence-corrected chi connectivity index (χ1v) is 12.4. The minimum atomic E-state index is -1.27. The third-order valence-corrected chi connectivity index (χ3v) is 5.93. The molecule has 1 aliphatic heterocycles. The zero-order valence-corrected chi connectivity index (χ0v) is 16.3. The molecule has 1 fully saturated rings. The Morgan fingerprint density at radius 3 is 2.67 bits per heavy atom. The van der Waals surface area contributed by atoms with Gasteiger partial charge in [0.15, 0.2) is 0 Å². The Labute approximate surface area is 145 Å². The Balaban J connectivity index is 2.48. The van der Waals surface area contributed by atoms with Gasteiger partial charge in [0.25, 0.3) is 0 Å². The Morgan fingerprint density at radius 2 is 2.12 bits per heavy atom. The molecule has 0 aromatic heterocycles. The predicted octanol–water partition coefficient (Wildman–Crippen LogP) is 3.19. The van der Waals surface area contributed by atoms with Crippen LogP contribution in [0.4, 0.5) is 9.59 Å². The summed E-state index contributed by atoms with van der Waals surface area (Å²) in [6.45, 7) is 8.54. The average Bonchev–Trinajstić information content (AvgIpc) is 2.50. The molecule has 2 atom stereocenters. The number of carbonyl (C=O) groups is 2. The van der Waals surface area contributed by atoms with Crippen molar-refractivity contribution in [3.8, 4) is 0 Å². The lowest BCUT2D eigenvalue weighted by atomic mass is 9.96. The van der Waals surface area contributed by atoms with Crippen molar-refractivity contribution >= 4 is 20.3 Å². The van der Waals surface area contributed by atoms with Crippen molar-refractivity contribution in [2.24, 2.45) is 5.92 Å². The lowest BCUT2D eigenvalue weighted by Crippen LogP contribution is -2.49. The van der Waals surface area contributed by atoms with Crippen molar-refractivity contribution in [1.29, 1.82) is 0 Å². The summed E-state index contributed by atoms with van der Waals surface area (Å²) in [5.74, 6) is 0.424. The topological polar surface area (TPSA) is 88.1 Å². The van der Waals surface area contributed by atoms with Gasteiger partial charge in [-0.25, -0.2) is 9.59 Å². The van der Waals surface area contributed by atoms with Crippen LogP contribution in [0.2, 0.25) is 25.7 Å². The molecule has 24 heavy (non-hydrogen) atoms. The minimum absolute atomic E-state index is 0.384. The monoisotopic (exact) mass is 360 g/mol. The fourth-order valence-corrected chi connectivity index (χ4v) is 3.32. The Hall–Kier alpha value is -1.28. The van der Waals surface area contributed by atoms with Gasteiger partial charge in [0.2, 0.25) is 0 Å². The number of hydrogen-bond donors (Lipinski definition) is 2. The van der Waals surface area contributed by atoms with Crippen LogP contribution in [0.15, 0.2) is 0 Å². The summed E-state index contributed by atoms with van der Waals surface area (Å²) in [6, 6.07) is 0.892. The van der Waals surface area contributed by atoms with E-state index in [0.29, 0.717) is 25.6 Å². The molecule has 2 amide bonds. The van der Waals surface area contributed by atoms with Crippen LogP contribution >= 0.6 is 0 Å². The Kier molecular flexibility index (Phi) is 8.55. The van der Waals surface area contributed by atoms with Crippen molar-refractivity contribution in [3.05, 3.63) is 0 Å². The molecule has 0 spiro atoms. The second-order valence-electron chi connectivity index (χ2n) is 7.66. The minimum Gasteiger partial charge on any atom is -0.465 e. The number of carbonyl (C=O) groups excluding carboxylic acids is 1. The molecule has 2 N–H and O–H groups in total. The van der Waals surface area contributed by atoms with E-state index in [1.165, 1.54) is 4.90 Å².